The van der Waals surface area contributed by atoms with E-state index in [0.29, 0.717) is 18.8 Å². The van der Waals surface area contributed by atoms with Crippen LogP contribution in [0.3, 0.4) is 0 Å². The largest absolute Gasteiger partial charge is 0.489 e. The third-order valence-electron chi connectivity index (χ3n) is 4.08. The highest BCUT2D eigenvalue weighted by molar-refractivity contribution is 5.89. The highest BCUT2D eigenvalue weighted by atomic mass is 16.5. The van der Waals surface area contributed by atoms with E-state index in [0.717, 1.165) is 24.2 Å². The number of benzene rings is 2. The van der Waals surface area contributed by atoms with Gasteiger partial charge in [0, 0.05) is 6.61 Å². The maximum absolute atomic E-state index is 12.2. The monoisotopic (exact) mass is 356 g/mol. The summed E-state index contributed by atoms with van der Waals surface area (Å²) < 4.78 is 16.7. The Morgan fingerprint density at radius 1 is 0.923 bits per heavy atom. The quantitative estimate of drug-likeness (QED) is 0.561. The van der Waals surface area contributed by atoms with Crippen LogP contribution in [0.2, 0.25) is 0 Å². The van der Waals surface area contributed by atoms with Gasteiger partial charge < -0.3 is 14.2 Å². The minimum atomic E-state index is -0.309. The molecule has 0 aromatic heterocycles. The Hall–Kier alpha value is -2.33. The number of hydrogen-bond donors (Lipinski definition) is 0. The van der Waals surface area contributed by atoms with Crippen LogP contribution < -0.4 is 4.74 Å². The fourth-order valence-corrected chi connectivity index (χ4v) is 2.58. The van der Waals surface area contributed by atoms with Crippen LogP contribution in [0.15, 0.2) is 54.6 Å². The fraction of sp³-hybridized carbons (Fsp3) is 0.409. The van der Waals surface area contributed by atoms with E-state index in [1.54, 1.807) is 24.3 Å². The summed E-state index contributed by atoms with van der Waals surface area (Å²) in [5.74, 6) is 0.417. The Bertz CT molecular complexity index is 652. The van der Waals surface area contributed by atoms with Crippen LogP contribution in [-0.2, 0) is 16.1 Å². The summed E-state index contributed by atoms with van der Waals surface area (Å²) in [6.07, 6.45) is 1.70. The van der Waals surface area contributed by atoms with Crippen molar-refractivity contribution in [3.05, 3.63) is 65.7 Å². The molecule has 0 N–H and O–H groups in total. The summed E-state index contributed by atoms with van der Waals surface area (Å²) in [5.41, 5.74) is 1.63. The van der Waals surface area contributed by atoms with Crippen molar-refractivity contribution < 1.29 is 19.0 Å². The molecular weight excluding hydrogens is 328 g/mol. The molecule has 4 nitrogen and oxygen atoms in total. The first-order valence-electron chi connectivity index (χ1n) is 9.18. The normalized spacial score (nSPS) is 13.0. The minimum absolute atomic E-state index is 0.139. The zero-order chi connectivity index (χ0) is 18.8. The second kappa shape index (κ2) is 10.6. The van der Waals surface area contributed by atoms with E-state index in [-0.39, 0.29) is 18.2 Å². The summed E-state index contributed by atoms with van der Waals surface area (Å²) in [4.78, 5) is 12.2. The van der Waals surface area contributed by atoms with Crippen molar-refractivity contribution in [2.75, 3.05) is 6.61 Å². The first kappa shape index (κ1) is 20.0. The summed E-state index contributed by atoms with van der Waals surface area (Å²) in [7, 11) is 0. The lowest BCUT2D eigenvalue weighted by Crippen LogP contribution is -2.18. The van der Waals surface area contributed by atoms with Crippen molar-refractivity contribution in [1.29, 1.82) is 0 Å². The number of carbonyl (C=O) groups is 1. The van der Waals surface area contributed by atoms with Gasteiger partial charge in [-0.15, -0.1) is 0 Å². The lowest BCUT2D eigenvalue weighted by molar-refractivity contribution is 0.0227. The van der Waals surface area contributed by atoms with E-state index < -0.39 is 0 Å². The Morgan fingerprint density at radius 2 is 1.58 bits per heavy atom. The third-order valence-corrected chi connectivity index (χ3v) is 4.08. The lowest BCUT2D eigenvalue weighted by Gasteiger charge is -2.16. The van der Waals surface area contributed by atoms with Gasteiger partial charge in [0.2, 0.25) is 0 Å². The number of esters is 1. The summed E-state index contributed by atoms with van der Waals surface area (Å²) in [6.45, 7) is 7.13. The van der Waals surface area contributed by atoms with E-state index in [1.807, 2.05) is 51.1 Å². The lowest BCUT2D eigenvalue weighted by atomic mass is 10.1. The zero-order valence-electron chi connectivity index (χ0n) is 15.8. The van der Waals surface area contributed by atoms with Crippen LogP contribution in [0.4, 0.5) is 0 Å². The molecule has 0 unspecified atom stereocenters. The van der Waals surface area contributed by atoms with Gasteiger partial charge in [-0.25, -0.2) is 4.79 Å². The fourth-order valence-electron chi connectivity index (χ4n) is 2.58. The van der Waals surface area contributed by atoms with E-state index in [2.05, 4.69) is 0 Å². The average molecular weight is 356 g/mol. The number of rotatable bonds is 10. The van der Waals surface area contributed by atoms with E-state index in [4.69, 9.17) is 14.2 Å². The molecule has 2 aromatic rings. The van der Waals surface area contributed by atoms with E-state index in [9.17, 15) is 4.79 Å². The molecule has 0 aliphatic rings. The van der Waals surface area contributed by atoms with Gasteiger partial charge in [-0.3, -0.25) is 0 Å². The van der Waals surface area contributed by atoms with Gasteiger partial charge in [-0.05, 0) is 63.4 Å². The summed E-state index contributed by atoms with van der Waals surface area (Å²) in [5, 5.41) is 0. The van der Waals surface area contributed by atoms with Gasteiger partial charge in [0.1, 0.15) is 12.4 Å². The molecule has 0 saturated heterocycles. The maximum Gasteiger partial charge on any atom is 0.338 e. The zero-order valence-corrected chi connectivity index (χ0v) is 15.8. The van der Waals surface area contributed by atoms with Gasteiger partial charge >= 0.3 is 5.97 Å². The first-order valence-corrected chi connectivity index (χ1v) is 9.18. The SMILES string of the molecule is CCO[C@@H](C)CC[C@H](C)OC(=O)c1ccc(OCc2ccccc2)cc1. The molecule has 0 amide bonds. The smallest absolute Gasteiger partial charge is 0.338 e. The molecule has 140 valence electrons. The standard InChI is InChI=1S/C22H28O4/c1-4-24-17(2)10-11-18(3)26-22(23)20-12-14-21(15-13-20)25-16-19-8-6-5-7-9-19/h5-9,12-15,17-18H,4,10-11,16H2,1-3H3/t17-,18-/m0/s1. The highest BCUT2D eigenvalue weighted by Crippen LogP contribution is 2.16. The van der Waals surface area contributed by atoms with Gasteiger partial charge in [0.15, 0.2) is 0 Å². The van der Waals surface area contributed by atoms with Crippen molar-refractivity contribution in [3.8, 4) is 5.75 Å². The Morgan fingerprint density at radius 3 is 2.23 bits per heavy atom. The van der Waals surface area contributed by atoms with Crippen molar-refractivity contribution in [2.24, 2.45) is 0 Å². The molecule has 0 aliphatic carbocycles. The molecule has 0 saturated carbocycles. The van der Waals surface area contributed by atoms with Crippen LogP contribution in [-0.4, -0.2) is 24.8 Å². The number of carbonyl (C=O) groups excluding carboxylic acids is 1. The summed E-state index contributed by atoms with van der Waals surface area (Å²) >= 11 is 0. The molecule has 2 atom stereocenters. The van der Waals surface area contributed by atoms with Gasteiger partial charge in [0.05, 0.1) is 17.8 Å². The Kier molecular flexibility index (Phi) is 8.16. The third kappa shape index (κ3) is 6.89. The topological polar surface area (TPSA) is 44.8 Å². The molecule has 0 fully saturated rings. The molecule has 2 aromatic carbocycles. The number of ether oxygens (including phenoxy) is 3. The predicted octanol–water partition coefficient (Wildman–Crippen LogP) is 5.02. The van der Waals surface area contributed by atoms with Gasteiger partial charge in [0.25, 0.3) is 0 Å². The van der Waals surface area contributed by atoms with E-state index in [1.165, 1.54) is 0 Å². The average Bonchev–Trinajstić information content (AvgIpc) is 2.66. The van der Waals surface area contributed by atoms with Crippen LogP contribution in [0.1, 0.15) is 49.5 Å². The van der Waals surface area contributed by atoms with E-state index >= 15 is 0 Å². The minimum Gasteiger partial charge on any atom is -0.489 e. The molecule has 0 heterocycles. The molecule has 26 heavy (non-hydrogen) atoms. The van der Waals surface area contributed by atoms with Crippen molar-refractivity contribution >= 4 is 5.97 Å². The second-order valence-corrected chi connectivity index (χ2v) is 6.36. The molecule has 0 radical (unpaired) electrons. The second-order valence-electron chi connectivity index (χ2n) is 6.36. The van der Waals surface area contributed by atoms with Crippen LogP contribution in [0, 0.1) is 0 Å². The maximum atomic E-state index is 12.2. The Balaban J connectivity index is 1.78. The molecule has 0 bridgehead atoms. The molecular formula is C22H28O4. The molecule has 0 spiro atoms. The van der Waals surface area contributed by atoms with Crippen molar-refractivity contribution in [3.63, 3.8) is 0 Å². The highest BCUT2D eigenvalue weighted by Gasteiger charge is 2.13. The van der Waals surface area contributed by atoms with Crippen LogP contribution >= 0.6 is 0 Å². The molecule has 4 heteroatoms. The van der Waals surface area contributed by atoms with Crippen LogP contribution in [0.5, 0.6) is 5.75 Å². The Labute approximate surface area is 156 Å². The predicted molar refractivity (Wildman–Crippen MR) is 102 cm³/mol. The van der Waals surface area contributed by atoms with Crippen molar-refractivity contribution in [2.45, 2.75) is 52.4 Å². The molecule has 2 rings (SSSR count). The van der Waals surface area contributed by atoms with Gasteiger partial charge in [-0.2, -0.15) is 0 Å². The van der Waals surface area contributed by atoms with Gasteiger partial charge in [-0.1, -0.05) is 30.3 Å². The summed E-state index contributed by atoms with van der Waals surface area (Å²) in [6, 6.07) is 17.0. The first-order chi connectivity index (χ1) is 12.6. The molecule has 0 aliphatic heterocycles. The van der Waals surface area contributed by atoms with Crippen molar-refractivity contribution in [1.82, 2.24) is 0 Å². The number of hydrogen-bond acceptors (Lipinski definition) is 4. The van der Waals surface area contributed by atoms with Crippen LogP contribution in [0.25, 0.3) is 0 Å².